The maximum absolute atomic E-state index is 12.4. The van der Waals surface area contributed by atoms with Gasteiger partial charge in [0, 0.05) is 6.04 Å². The number of nitrogens with two attached hydrogens (primary N) is 1. The van der Waals surface area contributed by atoms with Gasteiger partial charge in [-0.1, -0.05) is 6.08 Å². The van der Waals surface area contributed by atoms with Crippen molar-refractivity contribution in [1.82, 2.24) is 0 Å². The maximum Gasteiger partial charge on any atom is 0.460 e. The third-order valence-corrected chi connectivity index (χ3v) is 1.38. The van der Waals surface area contributed by atoms with Gasteiger partial charge in [-0.15, -0.1) is 0 Å². The lowest BCUT2D eigenvalue weighted by atomic mass is 10.1. The van der Waals surface area contributed by atoms with Gasteiger partial charge in [-0.05, 0) is 13.0 Å². The molecule has 0 aliphatic carbocycles. The van der Waals surface area contributed by atoms with Crippen molar-refractivity contribution < 1.29 is 30.7 Å². The van der Waals surface area contributed by atoms with E-state index in [9.17, 15) is 30.7 Å². The highest BCUT2D eigenvalue weighted by atomic mass is 19.4. The van der Waals surface area contributed by atoms with Gasteiger partial charge >= 0.3 is 18.0 Å². The third-order valence-electron chi connectivity index (χ3n) is 1.38. The van der Waals surface area contributed by atoms with E-state index in [1.165, 1.54) is 0 Å². The minimum absolute atomic E-state index is 0.375. The average Bonchev–Trinajstić information content (AvgIpc) is 1.98. The van der Waals surface area contributed by atoms with Gasteiger partial charge < -0.3 is 5.73 Å². The van der Waals surface area contributed by atoms with Gasteiger partial charge in [-0.2, -0.15) is 30.7 Å². The molecule has 0 bridgehead atoms. The summed E-state index contributed by atoms with van der Waals surface area (Å²) in [4.78, 5) is 0. The first-order valence-electron chi connectivity index (χ1n) is 3.69. The van der Waals surface area contributed by atoms with Gasteiger partial charge in [-0.3, -0.25) is 0 Å². The predicted octanol–water partition coefficient (Wildman–Crippen LogP) is 2.72. The number of alkyl halides is 7. The summed E-state index contributed by atoms with van der Waals surface area (Å²) < 4.78 is 83.9. The number of halogens is 7. The van der Waals surface area contributed by atoms with Gasteiger partial charge in [0.25, 0.3) is 0 Å². The summed E-state index contributed by atoms with van der Waals surface area (Å²) in [6.07, 6.45) is -6.47. The summed E-state index contributed by atoms with van der Waals surface area (Å²) in [6, 6.07) is -1.04. The number of hydrogen-bond donors (Lipinski definition) is 1. The molecule has 2 N–H and O–H groups in total. The van der Waals surface area contributed by atoms with Gasteiger partial charge in [0.15, 0.2) is 0 Å². The lowest BCUT2D eigenvalue weighted by Crippen LogP contribution is -2.50. The van der Waals surface area contributed by atoms with E-state index in [0.29, 0.717) is 6.08 Å². The highest BCUT2D eigenvalue weighted by Crippen LogP contribution is 2.47. The molecule has 0 amide bonds. The average molecular weight is 239 g/mol. The standard InChI is InChI=1S/C7H8F7N/c1-4(15)2-3-5(8,9)6(10,11)7(12,13)14/h2-4H,15H2,1H3/b3-2+. The van der Waals surface area contributed by atoms with Crippen molar-refractivity contribution >= 4 is 0 Å². The van der Waals surface area contributed by atoms with Crippen molar-refractivity contribution in [3.05, 3.63) is 12.2 Å². The number of allylic oxidation sites excluding steroid dienone is 1. The Hall–Kier alpha value is -0.790. The quantitative estimate of drug-likeness (QED) is 0.594. The monoisotopic (exact) mass is 239 g/mol. The summed E-state index contributed by atoms with van der Waals surface area (Å²) in [5.74, 6) is -11.4. The zero-order chi connectivity index (χ0) is 12.5. The molecule has 1 nitrogen and oxygen atoms in total. The van der Waals surface area contributed by atoms with Gasteiger partial charge in [0.1, 0.15) is 0 Å². The molecule has 8 heteroatoms. The second-order valence-electron chi connectivity index (χ2n) is 2.91. The zero-order valence-electron chi connectivity index (χ0n) is 7.46. The summed E-state index contributed by atoms with van der Waals surface area (Å²) >= 11 is 0. The minimum Gasteiger partial charge on any atom is -0.325 e. The molecule has 0 fully saturated rings. The highest BCUT2D eigenvalue weighted by Gasteiger charge is 2.71. The normalized spacial score (nSPS) is 17.1. The Labute approximate surface area is 80.7 Å². The van der Waals surface area contributed by atoms with E-state index in [0.717, 1.165) is 6.92 Å². The molecule has 0 aromatic rings. The van der Waals surface area contributed by atoms with Crippen LogP contribution in [0.3, 0.4) is 0 Å². The molecule has 0 aliphatic rings. The van der Waals surface area contributed by atoms with Crippen molar-refractivity contribution in [3.8, 4) is 0 Å². The van der Waals surface area contributed by atoms with Crippen LogP contribution in [-0.2, 0) is 0 Å². The largest absolute Gasteiger partial charge is 0.460 e. The first-order valence-corrected chi connectivity index (χ1v) is 3.69. The fourth-order valence-electron chi connectivity index (χ4n) is 0.566. The molecular weight excluding hydrogens is 231 g/mol. The number of rotatable bonds is 3. The van der Waals surface area contributed by atoms with E-state index in [1.807, 2.05) is 0 Å². The first-order chi connectivity index (χ1) is 6.42. The molecule has 15 heavy (non-hydrogen) atoms. The molecule has 0 radical (unpaired) electrons. The molecule has 1 unspecified atom stereocenters. The van der Waals surface area contributed by atoms with E-state index in [1.54, 1.807) is 0 Å². The van der Waals surface area contributed by atoms with Crippen LogP contribution in [0.4, 0.5) is 30.7 Å². The Morgan fingerprint density at radius 2 is 1.40 bits per heavy atom. The Morgan fingerprint density at radius 3 is 1.67 bits per heavy atom. The number of hydrogen-bond acceptors (Lipinski definition) is 1. The molecule has 0 aliphatic heterocycles. The van der Waals surface area contributed by atoms with Gasteiger partial charge in [0.05, 0.1) is 0 Å². The van der Waals surface area contributed by atoms with E-state index in [2.05, 4.69) is 0 Å². The van der Waals surface area contributed by atoms with Crippen LogP contribution in [0.15, 0.2) is 12.2 Å². The van der Waals surface area contributed by atoms with Crippen LogP contribution in [0.25, 0.3) is 0 Å². The third kappa shape index (κ3) is 3.08. The second-order valence-corrected chi connectivity index (χ2v) is 2.91. The lowest BCUT2D eigenvalue weighted by molar-refractivity contribution is -0.341. The van der Waals surface area contributed by atoms with Crippen LogP contribution >= 0.6 is 0 Å². The predicted molar refractivity (Wildman–Crippen MR) is 38.7 cm³/mol. The lowest BCUT2D eigenvalue weighted by Gasteiger charge is -2.25. The molecule has 0 saturated heterocycles. The molecule has 0 spiro atoms. The summed E-state index contributed by atoms with van der Waals surface area (Å²) in [5.41, 5.74) is 4.91. The smallest absolute Gasteiger partial charge is 0.325 e. The molecule has 0 saturated carbocycles. The maximum atomic E-state index is 12.4. The summed E-state index contributed by atoms with van der Waals surface area (Å²) in [7, 11) is 0. The Balaban J connectivity index is 5.02. The van der Waals surface area contributed by atoms with Gasteiger partial charge in [0.2, 0.25) is 0 Å². The van der Waals surface area contributed by atoms with Crippen LogP contribution in [-0.4, -0.2) is 24.1 Å². The van der Waals surface area contributed by atoms with E-state index in [-0.39, 0.29) is 0 Å². The molecule has 0 rings (SSSR count). The van der Waals surface area contributed by atoms with Crippen molar-refractivity contribution in [3.63, 3.8) is 0 Å². The zero-order valence-corrected chi connectivity index (χ0v) is 7.46. The molecule has 0 heterocycles. The fourth-order valence-corrected chi connectivity index (χ4v) is 0.566. The molecular formula is C7H8F7N. The summed E-state index contributed by atoms with van der Waals surface area (Å²) in [5, 5.41) is 0. The molecule has 0 aromatic carbocycles. The van der Waals surface area contributed by atoms with Crippen LogP contribution < -0.4 is 5.73 Å². The Kier molecular flexibility index (Phi) is 3.78. The van der Waals surface area contributed by atoms with Crippen molar-refractivity contribution in [2.45, 2.75) is 31.0 Å². The SMILES string of the molecule is CC(N)/C=C/C(F)(F)C(F)(F)C(F)(F)F. The Bertz CT molecular complexity index is 240. The summed E-state index contributed by atoms with van der Waals surface area (Å²) in [6.45, 7) is 1.15. The second kappa shape index (κ2) is 3.99. The van der Waals surface area contributed by atoms with Crippen LogP contribution in [0, 0.1) is 0 Å². The van der Waals surface area contributed by atoms with Crippen LogP contribution in [0.5, 0.6) is 0 Å². The molecule has 90 valence electrons. The Morgan fingerprint density at radius 1 is 1.00 bits per heavy atom. The minimum atomic E-state index is -6.31. The highest BCUT2D eigenvalue weighted by molar-refractivity contribution is 5.07. The fraction of sp³-hybridized carbons (Fsp3) is 0.714. The van der Waals surface area contributed by atoms with E-state index >= 15 is 0 Å². The molecule has 1 atom stereocenters. The van der Waals surface area contributed by atoms with Crippen LogP contribution in [0.2, 0.25) is 0 Å². The van der Waals surface area contributed by atoms with Gasteiger partial charge in [-0.25, -0.2) is 0 Å². The van der Waals surface area contributed by atoms with Crippen molar-refractivity contribution in [2.24, 2.45) is 5.73 Å². The van der Waals surface area contributed by atoms with Crippen molar-refractivity contribution in [2.75, 3.05) is 0 Å². The topological polar surface area (TPSA) is 26.0 Å². The van der Waals surface area contributed by atoms with Crippen molar-refractivity contribution in [1.29, 1.82) is 0 Å². The van der Waals surface area contributed by atoms with E-state index < -0.39 is 30.1 Å². The van der Waals surface area contributed by atoms with E-state index in [4.69, 9.17) is 5.73 Å². The first kappa shape index (κ1) is 14.2. The molecule has 0 aromatic heterocycles. The van der Waals surface area contributed by atoms with Crippen LogP contribution in [0.1, 0.15) is 6.92 Å².